The number of amides is 1. The largest absolute Gasteiger partial charge is 0.528 e. The summed E-state index contributed by atoms with van der Waals surface area (Å²) in [6.45, 7) is 11.9. The van der Waals surface area contributed by atoms with Crippen LogP contribution in [0.4, 0.5) is 21.9 Å². The van der Waals surface area contributed by atoms with Crippen molar-refractivity contribution in [2.45, 2.75) is 46.1 Å². The van der Waals surface area contributed by atoms with Gasteiger partial charge in [0.1, 0.15) is 11.7 Å². The number of rotatable bonds is 5. The molecule has 0 unspecified atom stereocenters. The fraction of sp³-hybridized carbons (Fsp3) is 0.519. The fourth-order valence-corrected chi connectivity index (χ4v) is 4.45. The van der Waals surface area contributed by atoms with Crippen molar-refractivity contribution in [3.8, 4) is 6.07 Å². The van der Waals surface area contributed by atoms with Gasteiger partial charge in [-0.05, 0) is 69.9 Å². The SMILES string of the molecule is CC1CCN(c2cc(N3CCN(OC(=O)OC(C)(C)C)CC3)ccc2NC(=O)c2ccc(C#N)o2)CC1. The Balaban J connectivity index is 1.47. The molecule has 2 aliphatic rings. The summed E-state index contributed by atoms with van der Waals surface area (Å²) in [6.07, 6.45) is 1.48. The summed E-state index contributed by atoms with van der Waals surface area (Å²) in [5.74, 6) is 0.470. The van der Waals surface area contributed by atoms with E-state index in [0.717, 1.165) is 37.3 Å². The summed E-state index contributed by atoms with van der Waals surface area (Å²) in [4.78, 5) is 34.7. The van der Waals surface area contributed by atoms with E-state index in [4.69, 9.17) is 19.3 Å². The molecule has 0 aliphatic carbocycles. The van der Waals surface area contributed by atoms with Crippen molar-refractivity contribution in [3.05, 3.63) is 41.9 Å². The molecule has 1 amide bonds. The molecule has 10 heteroatoms. The highest BCUT2D eigenvalue weighted by atomic mass is 16.8. The first-order valence-corrected chi connectivity index (χ1v) is 12.7. The monoisotopic (exact) mass is 509 g/mol. The normalized spacial score (nSPS) is 17.3. The fourth-order valence-electron chi connectivity index (χ4n) is 4.45. The lowest BCUT2D eigenvalue weighted by Crippen LogP contribution is -2.47. The molecule has 2 fully saturated rings. The van der Waals surface area contributed by atoms with Crippen LogP contribution in [-0.2, 0) is 9.57 Å². The Bertz CT molecular complexity index is 1150. The van der Waals surface area contributed by atoms with Gasteiger partial charge in [-0.1, -0.05) is 6.92 Å². The topological polar surface area (TPSA) is 111 Å². The molecule has 0 saturated carbocycles. The molecule has 2 aromatic rings. The number of carbonyl (C=O) groups is 2. The van der Waals surface area contributed by atoms with E-state index in [9.17, 15) is 9.59 Å². The lowest BCUT2D eigenvalue weighted by atomic mass is 9.98. The van der Waals surface area contributed by atoms with E-state index in [0.29, 0.717) is 37.8 Å². The number of nitriles is 1. The number of anilines is 3. The van der Waals surface area contributed by atoms with Crippen molar-refractivity contribution in [2.24, 2.45) is 5.92 Å². The van der Waals surface area contributed by atoms with Crippen LogP contribution in [0.25, 0.3) is 0 Å². The van der Waals surface area contributed by atoms with E-state index in [1.54, 1.807) is 25.8 Å². The molecule has 3 heterocycles. The van der Waals surface area contributed by atoms with Gasteiger partial charge in [0.2, 0.25) is 5.76 Å². The van der Waals surface area contributed by atoms with Crippen molar-refractivity contribution in [2.75, 3.05) is 54.4 Å². The Morgan fingerprint density at radius 3 is 2.35 bits per heavy atom. The first-order valence-electron chi connectivity index (χ1n) is 12.7. The van der Waals surface area contributed by atoms with Gasteiger partial charge in [0.15, 0.2) is 5.76 Å². The van der Waals surface area contributed by atoms with Gasteiger partial charge in [0.25, 0.3) is 5.91 Å². The number of ether oxygens (including phenoxy) is 1. The number of piperidine rings is 1. The highest BCUT2D eigenvalue weighted by Gasteiger charge is 2.26. The third-order valence-corrected chi connectivity index (χ3v) is 6.49. The average molecular weight is 510 g/mol. The van der Waals surface area contributed by atoms with E-state index < -0.39 is 17.7 Å². The van der Waals surface area contributed by atoms with Crippen molar-refractivity contribution in [1.29, 1.82) is 5.26 Å². The second kappa shape index (κ2) is 11.1. The summed E-state index contributed by atoms with van der Waals surface area (Å²) in [6, 6.07) is 10.9. The number of furan rings is 1. The first-order chi connectivity index (χ1) is 17.6. The number of nitrogens with zero attached hydrogens (tertiary/aromatic N) is 4. The minimum Gasteiger partial charge on any atom is -0.440 e. The smallest absolute Gasteiger partial charge is 0.440 e. The Morgan fingerprint density at radius 1 is 1.03 bits per heavy atom. The summed E-state index contributed by atoms with van der Waals surface area (Å²) >= 11 is 0. The summed E-state index contributed by atoms with van der Waals surface area (Å²) in [7, 11) is 0. The first kappa shape index (κ1) is 26.4. The van der Waals surface area contributed by atoms with Crippen LogP contribution in [0.1, 0.15) is 56.9 Å². The van der Waals surface area contributed by atoms with Gasteiger partial charge in [0.05, 0.1) is 24.5 Å². The second-order valence-corrected chi connectivity index (χ2v) is 10.6. The van der Waals surface area contributed by atoms with Gasteiger partial charge >= 0.3 is 6.16 Å². The van der Waals surface area contributed by atoms with Crippen molar-refractivity contribution in [3.63, 3.8) is 0 Å². The average Bonchev–Trinajstić information content (AvgIpc) is 3.34. The van der Waals surface area contributed by atoms with Crippen LogP contribution in [0, 0.1) is 17.2 Å². The van der Waals surface area contributed by atoms with Crippen LogP contribution >= 0.6 is 0 Å². The van der Waals surface area contributed by atoms with Crippen LogP contribution < -0.4 is 15.1 Å². The lowest BCUT2D eigenvalue weighted by Gasteiger charge is -2.37. The number of nitrogens with one attached hydrogen (secondary N) is 1. The van der Waals surface area contributed by atoms with Gasteiger partial charge < -0.3 is 29.1 Å². The zero-order chi connectivity index (χ0) is 26.6. The molecule has 37 heavy (non-hydrogen) atoms. The van der Waals surface area contributed by atoms with E-state index in [1.165, 1.54) is 12.1 Å². The number of hydroxylamine groups is 2. The van der Waals surface area contributed by atoms with E-state index >= 15 is 0 Å². The molecule has 1 aromatic carbocycles. The van der Waals surface area contributed by atoms with Crippen molar-refractivity contribution < 1.29 is 23.6 Å². The highest BCUT2D eigenvalue weighted by Crippen LogP contribution is 2.34. The zero-order valence-electron chi connectivity index (χ0n) is 22.0. The molecule has 2 aliphatic heterocycles. The molecule has 2 saturated heterocycles. The standard InChI is InChI=1S/C27H35N5O5/c1-19-9-11-31(12-10-19)23-17-20(5-7-22(23)29-25(33)24-8-6-21(18-28)35-24)30-13-15-32(16-14-30)37-26(34)36-27(2,3)4/h5-8,17,19H,9-16H2,1-4H3,(H,29,33). The maximum absolute atomic E-state index is 12.8. The molecule has 0 bridgehead atoms. The second-order valence-electron chi connectivity index (χ2n) is 10.6. The number of carbonyl (C=O) groups excluding carboxylic acids is 2. The minimum absolute atomic E-state index is 0.0972. The van der Waals surface area contributed by atoms with Crippen LogP contribution in [-0.4, -0.2) is 62.0 Å². The number of hydrogen-bond acceptors (Lipinski definition) is 9. The van der Waals surface area contributed by atoms with E-state index in [-0.39, 0.29) is 11.5 Å². The molecule has 10 nitrogen and oxygen atoms in total. The molecule has 0 spiro atoms. The number of benzene rings is 1. The van der Waals surface area contributed by atoms with Crippen LogP contribution in [0.3, 0.4) is 0 Å². The minimum atomic E-state index is -0.693. The van der Waals surface area contributed by atoms with Gasteiger partial charge in [0, 0.05) is 31.9 Å². The molecule has 4 rings (SSSR count). The maximum Gasteiger partial charge on any atom is 0.528 e. The quantitative estimate of drug-likeness (QED) is 0.577. The zero-order valence-corrected chi connectivity index (χ0v) is 22.0. The summed E-state index contributed by atoms with van der Waals surface area (Å²) in [5.41, 5.74) is 2.09. The summed E-state index contributed by atoms with van der Waals surface area (Å²) in [5, 5.41) is 13.6. The van der Waals surface area contributed by atoms with Crippen LogP contribution in [0.5, 0.6) is 0 Å². The highest BCUT2D eigenvalue weighted by molar-refractivity contribution is 6.04. The predicted octanol–water partition coefficient (Wildman–Crippen LogP) is 4.63. The molecular weight excluding hydrogens is 474 g/mol. The van der Waals surface area contributed by atoms with Crippen LogP contribution in [0.15, 0.2) is 34.7 Å². The Morgan fingerprint density at radius 2 is 1.73 bits per heavy atom. The Kier molecular flexibility index (Phi) is 7.93. The molecule has 0 radical (unpaired) electrons. The van der Waals surface area contributed by atoms with Gasteiger partial charge in [-0.3, -0.25) is 4.79 Å². The van der Waals surface area contributed by atoms with Gasteiger partial charge in [-0.15, -0.1) is 5.06 Å². The maximum atomic E-state index is 12.8. The predicted molar refractivity (Wildman–Crippen MR) is 140 cm³/mol. The van der Waals surface area contributed by atoms with Crippen molar-refractivity contribution >= 4 is 29.1 Å². The van der Waals surface area contributed by atoms with E-state index in [2.05, 4.69) is 28.1 Å². The van der Waals surface area contributed by atoms with Gasteiger partial charge in [-0.25, -0.2) is 4.79 Å². The van der Waals surface area contributed by atoms with Crippen LogP contribution in [0.2, 0.25) is 0 Å². The molecule has 1 N–H and O–H groups in total. The third kappa shape index (κ3) is 6.95. The number of hydrogen-bond donors (Lipinski definition) is 1. The van der Waals surface area contributed by atoms with E-state index in [1.807, 2.05) is 18.2 Å². The van der Waals surface area contributed by atoms with Gasteiger partial charge in [-0.2, -0.15) is 5.26 Å². The molecule has 1 aromatic heterocycles. The third-order valence-electron chi connectivity index (χ3n) is 6.49. The molecule has 198 valence electrons. The molecule has 0 atom stereocenters. The Labute approximate surface area is 217 Å². The Hall–Kier alpha value is -3.71. The number of piperazine rings is 1. The van der Waals surface area contributed by atoms with Crippen molar-refractivity contribution in [1.82, 2.24) is 5.06 Å². The summed E-state index contributed by atoms with van der Waals surface area (Å²) < 4.78 is 10.6. The molecular formula is C27H35N5O5. The lowest BCUT2D eigenvalue weighted by molar-refractivity contribution is -0.144.